The van der Waals surface area contributed by atoms with Crippen molar-refractivity contribution in [2.45, 2.75) is 6.92 Å². The normalized spacial score (nSPS) is 10.3. The van der Waals surface area contributed by atoms with E-state index in [1.807, 2.05) is 0 Å². The van der Waals surface area contributed by atoms with Crippen molar-refractivity contribution in [3.63, 3.8) is 0 Å². The summed E-state index contributed by atoms with van der Waals surface area (Å²) < 4.78 is 1.03. The Morgan fingerprint density at radius 2 is 2.11 bits per heavy atom. The Bertz CT molecular complexity index is 649. The summed E-state index contributed by atoms with van der Waals surface area (Å²) in [5.41, 5.74) is 1.23. The fourth-order valence-electron chi connectivity index (χ4n) is 1.46. The highest BCUT2D eigenvalue weighted by Gasteiger charge is 2.13. The minimum absolute atomic E-state index is 0.280. The molecule has 0 fully saturated rings. The average molecular weight is 405 g/mol. The van der Waals surface area contributed by atoms with Gasteiger partial charge in [-0.25, -0.2) is 9.97 Å². The largest absolute Gasteiger partial charge is 0.304 e. The third-order valence-corrected chi connectivity index (χ3v) is 3.79. The molecule has 0 aliphatic carbocycles. The van der Waals surface area contributed by atoms with Gasteiger partial charge in [-0.05, 0) is 56.5 Å². The van der Waals surface area contributed by atoms with E-state index in [-0.39, 0.29) is 5.91 Å². The molecule has 2 aromatic rings. The van der Waals surface area contributed by atoms with E-state index in [1.165, 1.54) is 6.20 Å². The molecule has 4 nitrogen and oxygen atoms in total. The zero-order valence-corrected chi connectivity index (χ0v) is 13.7. The molecule has 1 heterocycles. The van der Waals surface area contributed by atoms with E-state index in [0.717, 1.165) is 5.56 Å². The minimum Gasteiger partial charge on any atom is -0.304 e. The van der Waals surface area contributed by atoms with Crippen LogP contribution in [0, 0.1) is 6.92 Å². The molecule has 1 N–H and O–H groups in total. The van der Waals surface area contributed by atoms with Crippen LogP contribution in [0.15, 0.2) is 33.6 Å². The van der Waals surface area contributed by atoms with Crippen LogP contribution in [0.1, 0.15) is 15.9 Å². The Labute approximate surface area is 131 Å². The number of aromatic nitrogens is 2. The number of benzene rings is 1. The maximum atomic E-state index is 12.2. The number of carbonyl (C=O) groups excluding carboxylic acids is 1. The summed E-state index contributed by atoms with van der Waals surface area (Å²) in [6.45, 7) is 1.79. The monoisotopic (exact) mass is 403 g/mol. The summed E-state index contributed by atoms with van der Waals surface area (Å²) >= 11 is 12.4. The molecule has 0 bridgehead atoms. The Hall–Kier alpha value is -0.980. The number of halogens is 3. The molecule has 0 unspecified atom stereocenters. The van der Waals surface area contributed by atoms with Gasteiger partial charge < -0.3 is 5.32 Å². The molecule has 1 aromatic heterocycles. The van der Waals surface area contributed by atoms with Gasteiger partial charge in [0, 0.05) is 10.6 Å². The van der Waals surface area contributed by atoms with Gasteiger partial charge in [0.05, 0.1) is 6.20 Å². The Balaban J connectivity index is 2.28. The van der Waals surface area contributed by atoms with Crippen molar-refractivity contribution >= 4 is 55.2 Å². The number of nitrogens with zero attached hydrogens (tertiary/aromatic N) is 2. The molecule has 0 atom stereocenters. The molecular weight excluding hydrogens is 397 g/mol. The van der Waals surface area contributed by atoms with Crippen LogP contribution in [0.4, 0.5) is 5.82 Å². The second-order valence-electron chi connectivity index (χ2n) is 3.70. The first-order valence-electron chi connectivity index (χ1n) is 5.23. The van der Waals surface area contributed by atoms with E-state index >= 15 is 0 Å². The van der Waals surface area contributed by atoms with E-state index in [2.05, 4.69) is 47.1 Å². The molecule has 0 radical (unpaired) electrons. The second-order valence-corrected chi connectivity index (χ2v) is 5.67. The summed E-state index contributed by atoms with van der Waals surface area (Å²) in [6.07, 6.45) is 1.51. The van der Waals surface area contributed by atoms with E-state index < -0.39 is 0 Å². The van der Waals surface area contributed by atoms with Gasteiger partial charge in [-0.3, -0.25) is 4.79 Å². The highest BCUT2D eigenvalue weighted by atomic mass is 79.9. The maximum absolute atomic E-state index is 12.2. The van der Waals surface area contributed by atoms with E-state index in [9.17, 15) is 4.79 Å². The summed E-state index contributed by atoms with van der Waals surface area (Å²) in [6, 6.07) is 5.17. The molecule has 19 heavy (non-hydrogen) atoms. The van der Waals surface area contributed by atoms with Crippen molar-refractivity contribution in [2.24, 2.45) is 0 Å². The molecule has 98 valence electrons. The summed E-state index contributed by atoms with van der Waals surface area (Å²) in [7, 11) is 0. The Kier molecular flexibility index (Phi) is 4.54. The van der Waals surface area contributed by atoms with Crippen LogP contribution >= 0.6 is 43.5 Å². The van der Waals surface area contributed by atoms with Crippen LogP contribution < -0.4 is 5.32 Å². The maximum Gasteiger partial charge on any atom is 0.257 e. The number of carbonyl (C=O) groups is 1. The molecule has 1 aromatic carbocycles. The second kappa shape index (κ2) is 5.98. The molecule has 0 aliphatic heterocycles. The van der Waals surface area contributed by atoms with Crippen LogP contribution in [-0.2, 0) is 0 Å². The zero-order valence-electron chi connectivity index (χ0n) is 9.75. The Morgan fingerprint density at radius 3 is 2.79 bits per heavy atom. The third-order valence-electron chi connectivity index (χ3n) is 2.44. The van der Waals surface area contributed by atoms with Gasteiger partial charge in [0.15, 0.2) is 5.82 Å². The van der Waals surface area contributed by atoms with Crippen LogP contribution in [0.5, 0.6) is 0 Å². The third kappa shape index (κ3) is 3.32. The molecule has 0 saturated heterocycles. The lowest BCUT2D eigenvalue weighted by molar-refractivity contribution is 0.102. The first-order valence-corrected chi connectivity index (χ1v) is 7.20. The van der Waals surface area contributed by atoms with Gasteiger partial charge in [-0.1, -0.05) is 17.7 Å². The molecule has 7 heteroatoms. The first-order chi connectivity index (χ1) is 8.99. The summed E-state index contributed by atoms with van der Waals surface area (Å²) in [4.78, 5) is 20.3. The first kappa shape index (κ1) is 14.4. The SMILES string of the molecule is Cc1c(Cl)cccc1C(=O)Nc1ncc(Br)nc1Br. The van der Waals surface area contributed by atoms with Gasteiger partial charge in [0.25, 0.3) is 5.91 Å². The molecule has 2 rings (SSSR count). The number of anilines is 1. The van der Waals surface area contributed by atoms with Crippen molar-refractivity contribution in [3.05, 3.63) is 49.8 Å². The van der Waals surface area contributed by atoms with E-state index in [4.69, 9.17) is 11.6 Å². The van der Waals surface area contributed by atoms with Crippen molar-refractivity contribution < 1.29 is 4.79 Å². The standard InChI is InChI=1S/C12H8Br2ClN3O/c1-6-7(3-2-4-8(6)15)12(19)18-11-10(14)17-9(13)5-16-11/h2-5H,1H3,(H,16,18,19). The van der Waals surface area contributed by atoms with Gasteiger partial charge in [0.1, 0.15) is 9.21 Å². The van der Waals surface area contributed by atoms with Gasteiger partial charge in [-0.2, -0.15) is 0 Å². The fraction of sp³-hybridized carbons (Fsp3) is 0.0833. The zero-order chi connectivity index (χ0) is 14.0. The van der Waals surface area contributed by atoms with Crippen molar-refractivity contribution in [3.8, 4) is 0 Å². The topological polar surface area (TPSA) is 54.9 Å². The predicted octanol–water partition coefficient (Wildman–Crippen LogP) is 4.22. The van der Waals surface area contributed by atoms with E-state index in [1.54, 1.807) is 25.1 Å². The highest BCUT2D eigenvalue weighted by Crippen LogP contribution is 2.22. The van der Waals surface area contributed by atoms with E-state index in [0.29, 0.717) is 25.6 Å². The van der Waals surface area contributed by atoms with Crippen molar-refractivity contribution in [1.82, 2.24) is 9.97 Å². The quantitative estimate of drug-likeness (QED) is 0.814. The Morgan fingerprint density at radius 1 is 1.37 bits per heavy atom. The average Bonchev–Trinajstić information content (AvgIpc) is 2.36. The number of hydrogen-bond donors (Lipinski definition) is 1. The number of amides is 1. The molecular formula is C12H8Br2ClN3O. The van der Waals surface area contributed by atoms with Crippen LogP contribution in [-0.4, -0.2) is 15.9 Å². The van der Waals surface area contributed by atoms with Gasteiger partial charge in [-0.15, -0.1) is 0 Å². The van der Waals surface area contributed by atoms with Crippen LogP contribution in [0.2, 0.25) is 5.02 Å². The smallest absolute Gasteiger partial charge is 0.257 e. The fourth-order valence-corrected chi connectivity index (χ4v) is 2.54. The van der Waals surface area contributed by atoms with Crippen LogP contribution in [0.3, 0.4) is 0 Å². The van der Waals surface area contributed by atoms with Crippen LogP contribution in [0.25, 0.3) is 0 Å². The van der Waals surface area contributed by atoms with Gasteiger partial charge >= 0.3 is 0 Å². The summed E-state index contributed by atoms with van der Waals surface area (Å²) in [5.74, 6) is 0.0740. The lowest BCUT2D eigenvalue weighted by Gasteiger charge is -2.09. The van der Waals surface area contributed by atoms with Crippen molar-refractivity contribution in [2.75, 3.05) is 5.32 Å². The summed E-state index contributed by atoms with van der Waals surface area (Å²) in [5, 5.41) is 3.23. The predicted molar refractivity (Wildman–Crippen MR) is 81.6 cm³/mol. The molecule has 0 spiro atoms. The lowest BCUT2D eigenvalue weighted by Crippen LogP contribution is -2.15. The number of hydrogen-bond acceptors (Lipinski definition) is 3. The van der Waals surface area contributed by atoms with Crippen molar-refractivity contribution in [1.29, 1.82) is 0 Å². The number of nitrogens with one attached hydrogen (secondary N) is 1. The molecule has 0 aliphatic rings. The minimum atomic E-state index is -0.280. The number of rotatable bonds is 2. The molecule has 0 saturated carbocycles. The van der Waals surface area contributed by atoms with Gasteiger partial charge in [0.2, 0.25) is 0 Å². The highest BCUT2D eigenvalue weighted by molar-refractivity contribution is 9.11. The lowest BCUT2D eigenvalue weighted by atomic mass is 10.1. The molecule has 1 amide bonds.